The Hall–Kier alpha value is -1.45. The fourth-order valence-corrected chi connectivity index (χ4v) is 1.41. The average molecular weight is 206 g/mol. The van der Waals surface area contributed by atoms with Crippen LogP contribution in [0.2, 0.25) is 0 Å². The number of aromatic nitrogens is 2. The van der Waals surface area contributed by atoms with Crippen LogP contribution in [0.15, 0.2) is 6.20 Å². The highest BCUT2D eigenvalue weighted by atomic mass is 16.5. The third-order valence-electron chi connectivity index (χ3n) is 2.38. The predicted molar refractivity (Wildman–Crippen MR) is 55.2 cm³/mol. The average Bonchev–Trinajstić information content (AvgIpc) is 3.01. The van der Waals surface area contributed by atoms with Crippen LogP contribution in [0, 0.1) is 0 Å². The second-order valence-electron chi connectivity index (χ2n) is 3.71. The van der Waals surface area contributed by atoms with Gasteiger partial charge in [-0.1, -0.05) is 0 Å². The first-order valence-corrected chi connectivity index (χ1v) is 5.23. The number of rotatable bonds is 4. The van der Waals surface area contributed by atoms with Crippen molar-refractivity contribution in [1.29, 1.82) is 0 Å². The lowest BCUT2D eigenvalue weighted by atomic mass is 10.2. The summed E-state index contributed by atoms with van der Waals surface area (Å²) in [5, 5.41) is 0. The van der Waals surface area contributed by atoms with Crippen LogP contribution in [0.5, 0.6) is 5.88 Å². The molecule has 1 fully saturated rings. The molecule has 1 aliphatic carbocycles. The third kappa shape index (κ3) is 2.14. The summed E-state index contributed by atoms with van der Waals surface area (Å²) in [6, 6.07) is 0. The monoisotopic (exact) mass is 206 g/mol. The number of carbonyl (C=O) groups excluding carboxylic acids is 1. The van der Waals surface area contributed by atoms with Crippen LogP contribution in [0.3, 0.4) is 0 Å². The van der Waals surface area contributed by atoms with Crippen molar-refractivity contribution in [3.05, 3.63) is 17.6 Å². The third-order valence-corrected chi connectivity index (χ3v) is 2.38. The molecule has 2 rings (SSSR count). The predicted octanol–water partition coefficient (Wildman–Crippen LogP) is 1.96. The molecule has 1 aliphatic rings. The Labute approximate surface area is 88.7 Å². The lowest BCUT2D eigenvalue weighted by Gasteiger charge is -2.07. The maximum absolute atomic E-state index is 11.3. The molecule has 1 saturated carbocycles. The van der Waals surface area contributed by atoms with E-state index in [1.54, 1.807) is 6.20 Å². The minimum Gasteiger partial charge on any atom is -0.477 e. The highest BCUT2D eigenvalue weighted by molar-refractivity contribution is 5.95. The van der Waals surface area contributed by atoms with E-state index in [0.29, 0.717) is 24.0 Å². The fourth-order valence-electron chi connectivity index (χ4n) is 1.41. The molecule has 0 amide bonds. The smallest absolute Gasteiger partial charge is 0.227 e. The first-order valence-electron chi connectivity index (χ1n) is 5.23. The van der Waals surface area contributed by atoms with E-state index in [9.17, 15) is 4.79 Å². The van der Waals surface area contributed by atoms with Crippen LogP contribution in [0.25, 0.3) is 0 Å². The van der Waals surface area contributed by atoms with Crippen molar-refractivity contribution in [3.63, 3.8) is 0 Å². The van der Waals surface area contributed by atoms with Gasteiger partial charge in [0, 0.05) is 12.1 Å². The molecule has 0 radical (unpaired) electrons. The summed E-state index contributed by atoms with van der Waals surface area (Å²) in [7, 11) is 0. The van der Waals surface area contributed by atoms with Gasteiger partial charge in [0.2, 0.25) is 5.88 Å². The van der Waals surface area contributed by atoms with Crippen molar-refractivity contribution in [2.45, 2.75) is 32.6 Å². The number of hydrogen-bond donors (Lipinski definition) is 0. The normalized spacial score (nSPS) is 15.1. The SMILES string of the molecule is CCOc1nc(C2CC2)ncc1C(C)=O. The lowest BCUT2D eigenvalue weighted by molar-refractivity contribution is 0.101. The molecule has 0 aliphatic heterocycles. The summed E-state index contributed by atoms with van der Waals surface area (Å²) in [5.74, 6) is 1.66. The molecule has 0 bridgehead atoms. The second kappa shape index (κ2) is 3.96. The van der Waals surface area contributed by atoms with E-state index in [1.165, 1.54) is 6.92 Å². The largest absolute Gasteiger partial charge is 0.477 e. The lowest BCUT2D eigenvalue weighted by Crippen LogP contribution is -2.06. The Bertz CT molecular complexity index is 386. The van der Waals surface area contributed by atoms with Gasteiger partial charge < -0.3 is 4.74 Å². The zero-order valence-corrected chi connectivity index (χ0v) is 8.99. The van der Waals surface area contributed by atoms with Crippen LogP contribution in [-0.4, -0.2) is 22.4 Å². The van der Waals surface area contributed by atoms with Gasteiger partial charge >= 0.3 is 0 Å². The maximum Gasteiger partial charge on any atom is 0.227 e. The van der Waals surface area contributed by atoms with Crippen molar-refractivity contribution < 1.29 is 9.53 Å². The highest BCUT2D eigenvalue weighted by Gasteiger charge is 2.27. The van der Waals surface area contributed by atoms with E-state index in [0.717, 1.165) is 18.7 Å². The van der Waals surface area contributed by atoms with E-state index >= 15 is 0 Å². The molecule has 0 atom stereocenters. The minimum atomic E-state index is -0.0548. The molecule has 0 saturated heterocycles. The first-order chi connectivity index (χ1) is 7.22. The molecule has 1 aromatic rings. The van der Waals surface area contributed by atoms with Crippen molar-refractivity contribution in [3.8, 4) is 5.88 Å². The molecule has 80 valence electrons. The summed E-state index contributed by atoms with van der Waals surface area (Å²) in [6.45, 7) is 3.89. The molecule has 0 aromatic carbocycles. The van der Waals surface area contributed by atoms with Gasteiger partial charge in [-0.25, -0.2) is 4.98 Å². The number of carbonyl (C=O) groups is 1. The van der Waals surface area contributed by atoms with Crippen molar-refractivity contribution >= 4 is 5.78 Å². The zero-order chi connectivity index (χ0) is 10.8. The Balaban J connectivity index is 2.34. The van der Waals surface area contributed by atoms with Gasteiger partial charge in [-0.2, -0.15) is 4.98 Å². The molecular formula is C11H14N2O2. The molecule has 0 N–H and O–H groups in total. The second-order valence-corrected chi connectivity index (χ2v) is 3.71. The first kappa shape index (κ1) is 10.1. The number of nitrogens with zero attached hydrogens (tertiary/aromatic N) is 2. The van der Waals surface area contributed by atoms with Crippen LogP contribution < -0.4 is 4.74 Å². The van der Waals surface area contributed by atoms with E-state index in [4.69, 9.17) is 4.74 Å². The van der Waals surface area contributed by atoms with Crippen LogP contribution in [-0.2, 0) is 0 Å². The van der Waals surface area contributed by atoms with Gasteiger partial charge in [0.05, 0.1) is 12.2 Å². The van der Waals surface area contributed by atoms with Crippen molar-refractivity contribution in [2.24, 2.45) is 0 Å². The van der Waals surface area contributed by atoms with Gasteiger partial charge in [0.15, 0.2) is 5.78 Å². The Morgan fingerprint density at radius 1 is 1.60 bits per heavy atom. The molecule has 0 unspecified atom stereocenters. The van der Waals surface area contributed by atoms with Crippen LogP contribution in [0.4, 0.5) is 0 Å². The fraction of sp³-hybridized carbons (Fsp3) is 0.545. The van der Waals surface area contributed by atoms with Crippen molar-refractivity contribution in [1.82, 2.24) is 9.97 Å². The Morgan fingerprint density at radius 3 is 2.87 bits per heavy atom. The van der Waals surface area contributed by atoms with E-state index in [-0.39, 0.29) is 5.78 Å². The molecule has 4 heteroatoms. The summed E-state index contributed by atoms with van der Waals surface area (Å²) < 4.78 is 5.34. The molecule has 4 nitrogen and oxygen atoms in total. The summed E-state index contributed by atoms with van der Waals surface area (Å²) >= 11 is 0. The van der Waals surface area contributed by atoms with Crippen molar-refractivity contribution in [2.75, 3.05) is 6.61 Å². The summed E-state index contributed by atoms with van der Waals surface area (Å²) in [6.07, 6.45) is 3.87. The Kier molecular flexibility index (Phi) is 2.66. The molecule has 15 heavy (non-hydrogen) atoms. The molecule has 1 heterocycles. The van der Waals surface area contributed by atoms with Gasteiger partial charge in [-0.15, -0.1) is 0 Å². The van der Waals surface area contributed by atoms with Gasteiger partial charge in [0.25, 0.3) is 0 Å². The van der Waals surface area contributed by atoms with Crippen LogP contribution in [0.1, 0.15) is 48.8 Å². The number of hydrogen-bond acceptors (Lipinski definition) is 4. The number of ether oxygens (including phenoxy) is 1. The zero-order valence-electron chi connectivity index (χ0n) is 8.99. The van der Waals surface area contributed by atoms with Gasteiger partial charge in [-0.05, 0) is 26.7 Å². The van der Waals surface area contributed by atoms with E-state index in [1.807, 2.05) is 6.92 Å². The quantitative estimate of drug-likeness (QED) is 0.706. The van der Waals surface area contributed by atoms with E-state index in [2.05, 4.69) is 9.97 Å². The Morgan fingerprint density at radius 2 is 2.33 bits per heavy atom. The molecule has 0 spiro atoms. The highest BCUT2D eigenvalue weighted by Crippen LogP contribution is 2.38. The topological polar surface area (TPSA) is 52.1 Å². The standard InChI is InChI=1S/C11H14N2O2/c1-3-15-11-9(7(2)14)6-12-10(13-11)8-4-5-8/h6,8H,3-5H2,1-2H3. The number of ketones is 1. The number of Topliss-reactive ketones (excluding diaryl/α,β-unsaturated/α-hetero) is 1. The maximum atomic E-state index is 11.3. The summed E-state index contributed by atoms with van der Waals surface area (Å²) in [5.41, 5.74) is 0.473. The van der Waals surface area contributed by atoms with Crippen LogP contribution >= 0.6 is 0 Å². The van der Waals surface area contributed by atoms with Gasteiger partial charge in [0.1, 0.15) is 5.82 Å². The molecular weight excluding hydrogens is 192 g/mol. The minimum absolute atomic E-state index is 0.0548. The van der Waals surface area contributed by atoms with Gasteiger partial charge in [-0.3, -0.25) is 4.79 Å². The molecule has 1 aromatic heterocycles. The van der Waals surface area contributed by atoms with E-state index < -0.39 is 0 Å². The summed E-state index contributed by atoms with van der Waals surface area (Å²) in [4.78, 5) is 19.8.